The Balaban J connectivity index is 0.00000256. The number of rotatable bonds is 4. The summed E-state index contributed by atoms with van der Waals surface area (Å²) in [4.78, 5) is 27.0. The molecule has 0 fully saturated rings. The molecule has 156 valence electrons. The van der Waals surface area contributed by atoms with E-state index in [1.54, 1.807) is 17.5 Å². The predicted octanol–water partition coefficient (Wildman–Crippen LogP) is 4.75. The number of aromatic nitrogens is 3. The zero-order valence-corrected chi connectivity index (χ0v) is 17.7. The summed E-state index contributed by atoms with van der Waals surface area (Å²) in [6, 6.07) is 3.21. The fourth-order valence-electron chi connectivity index (χ4n) is 2.94. The van der Waals surface area contributed by atoms with Gasteiger partial charge in [0.15, 0.2) is 10.9 Å². The Morgan fingerprint density at radius 2 is 1.93 bits per heavy atom. The Morgan fingerprint density at radius 1 is 1.17 bits per heavy atom. The maximum Gasteiger partial charge on any atom is 0.262 e. The Hall–Kier alpha value is -2.62. The number of nitrogens with one attached hydrogen (secondary N) is 1. The number of hydrogen-bond acceptors (Lipinski definition) is 6. The first-order valence-corrected chi connectivity index (χ1v) is 9.88. The van der Waals surface area contributed by atoms with Crippen LogP contribution in [-0.2, 0) is 0 Å². The molecular formula is C19H15Cl2F2N5OS. The summed E-state index contributed by atoms with van der Waals surface area (Å²) in [6.45, 7) is 1.29. The van der Waals surface area contributed by atoms with Crippen LogP contribution in [0, 0.1) is 11.6 Å². The summed E-state index contributed by atoms with van der Waals surface area (Å²) in [5.74, 6) is -2.76. The molecule has 0 saturated carbocycles. The number of halogens is 4. The van der Waals surface area contributed by atoms with Crippen LogP contribution in [-0.4, -0.2) is 33.9 Å². The molecule has 0 saturated heterocycles. The lowest BCUT2D eigenvalue weighted by atomic mass is 10.1. The Bertz CT molecular complexity index is 1060. The molecule has 1 N–H and O–H groups in total. The van der Waals surface area contributed by atoms with Crippen LogP contribution in [0.5, 0.6) is 0 Å². The number of anilines is 2. The molecule has 30 heavy (non-hydrogen) atoms. The normalized spacial score (nSPS) is 13.8. The van der Waals surface area contributed by atoms with Crippen molar-refractivity contribution in [3.63, 3.8) is 0 Å². The third kappa shape index (κ3) is 4.58. The minimum Gasteiger partial charge on any atom is -0.343 e. The zero-order valence-electron chi connectivity index (χ0n) is 15.3. The van der Waals surface area contributed by atoms with Crippen LogP contribution in [0.3, 0.4) is 0 Å². The third-order valence-electron chi connectivity index (χ3n) is 4.36. The topological polar surface area (TPSA) is 71.0 Å². The molecule has 3 aromatic rings. The summed E-state index contributed by atoms with van der Waals surface area (Å²) < 4.78 is 27.5. The first-order valence-electron chi connectivity index (χ1n) is 8.62. The highest BCUT2D eigenvalue weighted by molar-refractivity contribution is 7.13. The first kappa shape index (κ1) is 22.1. The van der Waals surface area contributed by atoms with Crippen LogP contribution in [0.4, 0.5) is 19.7 Å². The summed E-state index contributed by atoms with van der Waals surface area (Å²) in [5.41, 5.74) is 0.709. The van der Waals surface area contributed by atoms with Crippen LogP contribution >= 0.6 is 35.3 Å². The average molecular weight is 470 g/mol. The van der Waals surface area contributed by atoms with Crippen LogP contribution in [0.1, 0.15) is 22.5 Å². The molecule has 2 aromatic heterocycles. The maximum atomic E-state index is 13.7. The summed E-state index contributed by atoms with van der Waals surface area (Å²) in [7, 11) is 0. The van der Waals surface area contributed by atoms with Gasteiger partial charge in [0.1, 0.15) is 17.2 Å². The predicted molar refractivity (Wildman–Crippen MR) is 115 cm³/mol. The molecule has 3 heterocycles. The summed E-state index contributed by atoms with van der Waals surface area (Å²) in [5, 5.41) is 5.85. The molecule has 0 spiro atoms. The molecule has 0 aliphatic carbocycles. The fraction of sp³-hybridized carbons (Fsp3) is 0.158. The van der Waals surface area contributed by atoms with Gasteiger partial charge in [-0.05, 0) is 12.1 Å². The van der Waals surface area contributed by atoms with E-state index >= 15 is 0 Å². The lowest BCUT2D eigenvalue weighted by Crippen LogP contribution is -2.30. The van der Waals surface area contributed by atoms with E-state index in [4.69, 9.17) is 11.6 Å². The second kappa shape index (κ2) is 9.46. The highest BCUT2D eigenvalue weighted by atomic mass is 35.5. The second-order valence-corrected chi connectivity index (χ2v) is 7.54. The van der Waals surface area contributed by atoms with Gasteiger partial charge in [0.2, 0.25) is 0 Å². The van der Waals surface area contributed by atoms with Gasteiger partial charge in [-0.25, -0.2) is 18.7 Å². The van der Waals surface area contributed by atoms with Crippen LogP contribution < -0.4 is 10.2 Å². The number of amides is 1. The van der Waals surface area contributed by atoms with Crippen LogP contribution in [0.25, 0.3) is 5.57 Å². The summed E-state index contributed by atoms with van der Waals surface area (Å²) >= 11 is 7.94. The first-order chi connectivity index (χ1) is 14.0. The van der Waals surface area contributed by atoms with Gasteiger partial charge >= 0.3 is 0 Å². The number of benzene rings is 1. The number of nitrogens with zero attached hydrogens (tertiary/aromatic N) is 4. The third-order valence-corrected chi connectivity index (χ3v) is 5.61. The highest BCUT2D eigenvalue weighted by Gasteiger charge is 2.22. The van der Waals surface area contributed by atoms with Gasteiger partial charge in [-0.3, -0.25) is 9.78 Å². The van der Waals surface area contributed by atoms with E-state index in [1.165, 1.54) is 18.5 Å². The average Bonchev–Trinajstić information content (AvgIpc) is 3.24. The van der Waals surface area contributed by atoms with Crippen LogP contribution in [0.2, 0.25) is 0 Å². The van der Waals surface area contributed by atoms with Crippen molar-refractivity contribution in [1.29, 1.82) is 0 Å². The van der Waals surface area contributed by atoms with Gasteiger partial charge in [-0.2, -0.15) is 0 Å². The van der Waals surface area contributed by atoms with Crippen molar-refractivity contribution in [3.05, 3.63) is 70.1 Å². The molecule has 0 atom stereocenters. The van der Waals surface area contributed by atoms with Crippen LogP contribution in [0.15, 0.2) is 47.2 Å². The lowest BCUT2D eigenvalue weighted by Gasteiger charge is -2.28. The standard InChI is InChI=1S/C19H14ClF2N5OS.ClH/c20-12-4-6-27(19-23-5-7-29-19)10-11(12)15-8-25-16(9-24-15)26-18(28)17-13(21)2-1-3-14(17)22;/h1-3,5,7-9H,4,6,10H2,(H,25,26,28);1H. The monoisotopic (exact) mass is 469 g/mol. The quantitative estimate of drug-likeness (QED) is 0.596. The van der Waals surface area contributed by atoms with Crippen molar-refractivity contribution in [2.24, 2.45) is 0 Å². The number of thiazole rings is 1. The van der Waals surface area contributed by atoms with E-state index in [1.807, 2.05) is 5.38 Å². The van der Waals surface area contributed by atoms with E-state index in [2.05, 4.69) is 25.2 Å². The van der Waals surface area contributed by atoms with E-state index in [0.29, 0.717) is 23.7 Å². The molecule has 1 aliphatic rings. The Kier molecular flexibility index (Phi) is 6.96. The molecule has 6 nitrogen and oxygen atoms in total. The molecule has 1 amide bonds. The van der Waals surface area contributed by atoms with E-state index in [9.17, 15) is 13.6 Å². The molecule has 1 aromatic carbocycles. The van der Waals surface area contributed by atoms with Crippen molar-refractivity contribution in [1.82, 2.24) is 15.0 Å². The van der Waals surface area contributed by atoms with Crippen molar-refractivity contribution >= 4 is 57.8 Å². The minimum atomic E-state index is -0.950. The number of carbonyl (C=O) groups excluding carboxylic acids is 1. The largest absolute Gasteiger partial charge is 0.343 e. The van der Waals surface area contributed by atoms with Crippen molar-refractivity contribution in [2.45, 2.75) is 6.42 Å². The molecule has 11 heteroatoms. The van der Waals surface area contributed by atoms with Gasteiger partial charge in [0, 0.05) is 41.7 Å². The Labute approximate surface area is 186 Å². The fourth-order valence-corrected chi connectivity index (χ4v) is 3.85. The highest BCUT2D eigenvalue weighted by Crippen LogP contribution is 2.31. The van der Waals surface area contributed by atoms with Crippen molar-refractivity contribution in [3.8, 4) is 0 Å². The molecule has 0 unspecified atom stereocenters. The molecule has 1 aliphatic heterocycles. The summed E-state index contributed by atoms with van der Waals surface area (Å²) in [6.07, 6.45) is 5.19. The number of hydrogen-bond donors (Lipinski definition) is 1. The maximum absolute atomic E-state index is 13.7. The molecule has 0 radical (unpaired) electrons. The SMILES string of the molecule is Cl.O=C(Nc1cnc(C2=C(Cl)CCN(c3nccs3)C2)cn1)c1c(F)cccc1F. The van der Waals surface area contributed by atoms with Gasteiger partial charge in [-0.15, -0.1) is 23.7 Å². The van der Waals surface area contributed by atoms with E-state index in [0.717, 1.165) is 29.4 Å². The zero-order chi connectivity index (χ0) is 20.4. The van der Waals surface area contributed by atoms with Crippen molar-refractivity contribution < 1.29 is 13.6 Å². The minimum absolute atomic E-state index is 0. The van der Waals surface area contributed by atoms with Crippen molar-refractivity contribution in [2.75, 3.05) is 23.3 Å². The van der Waals surface area contributed by atoms with E-state index in [-0.39, 0.29) is 18.2 Å². The Morgan fingerprint density at radius 3 is 2.57 bits per heavy atom. The molecule has 0 bridgehead atoms. The second-order valence-electron chi connectivity index (χ2n) is 6.21. The van der Waals surface area contributed by atoms with E-state index < -0.39 is 23.1 Å². The van der Waals surface area contributed by atoms with Gasteiger partial charge in [0.25, 0.3) is 5.91 Å². The molecular weight excluding hydrogens is 455 g/mol. The lowest BCUT2D eigenvalue weighted by molar-refractivity contribution is 0.101. The molecule has 4 rings (SSSR count). The van der Waals surface area contributed by atoms with Gasteiger partial charge in [0.05, 0.1) is 18.1 Å². The number of carbonyl (C=O) groups is 1. The van der Waals surface area contributed by atoms with Gasteiger partial charge < -0.3 is 10.2 Å². The van der Waals surface area contributed by atoms with Gasteiger partial charge in [-0.1, -0.05) is 17.7 Å². The smallest absolute Gasteiger partial charge is 0.262 e.